The number of hydrogen-bond donors (Lipinski definition) is 1. The van der Waals surface area contributed by atoms with Gasteiger partial charge in [0.2, 0.25) is 0 Å². The standard InChI is InChI=1S/C11H15NO3/c1-3-5-9(4-2)7-14-8-10-6-12-11(13)15-10/h3-5,10H,1-2,6-8H2,(H,12,13)/b9-5+. The molecule has 0 aromatic heterocycles. The van der Waals surface area contributed by atoms with Crippen molar-refractivity contribution in [3.8, 4) is 0 Å². The van der Waals surface area contributed by atoms with Gasteiger partial charge in [0.25, 0.3) is 0 Å². The highest BCUT2D eigenvalue weighted by Crippen LogP contribution is 2.03. The van der Waals surface area contributed by atoms with Crippen LogP contribution < -0.4 is 5.32 Å². The average Bonchev–Trinajstić information content (AvgIpc) is 2.63. The number of alkyl carbamates (subject to hydrolysis) is 1. The summed E-state index contributed by atoms with van der Waals surface area (Å²) in [6.45, 7) is 8.58. The molecular formula is C11H15NO3. The maximum atomic E-state index is 10.7. The summed E-state index contributed by atoms with van der Waals surface area (Å²) in [5, 5.41) is 2.55. The second-order valence-electron chi connectivity index (χ2n) is 3.10. The molecule has 0 aromatic carbocycles. The van der Waals surface area contributed by atoms with E-state index in [0.717, 1.165) is 5.57 Å². The molecule has 1 fully saturated rings. The lowest BCUT2D eigenvalue weighted by atomic mass is 10.2. The molecule has 0 radical (unpaired) electrons. The number of carbonyl (C=O) groups is 1. The van der Waals surface area contributed by atoms with Crippen LogP contribution in [0.2, 0.25) is 0 Å². The van der Waals surface area contributed by atoms with E-state index in [9.17, 15) is 4.79 Å². The van der Waals surface area contributed by atoms with Gasteiger partial charge in [0.15, 0.2) is 0 Å². The lowest BCUT2D eigenvalue weighted by Gasteiger charge is -2.08. The van der Waals surface area contributed by atoms with Gasteiger partial charge >= 0.3 is 6.09 Å². The number of hydrogen-bond acceptors (Lipinski definition) is 3. The minimum Gasteiger partial charge on any atom is -0.442 e. The maximum Gasteiger partial charge on any atom is 0.407 e. The first-order valence-corrected chi connectivity index (χ1v) is 4.72. The van der Waals surface area contributed by atoms with Gasteiger partial charge in [-0.15, -0.1) is 0 Å². The highest BCUT2D eigenvalue weighted by molar-refractivity contribution is 5.69. The Bertz CT molecular complexity index is 284. The number of cyclic esters (lactones) is 1. The monoisotopic (exact) mass is 209 g/mol. The molecule has 1 saturated heterocycles. The minimum atomic E-state index is -0.380. The quantitative estimate of drug-likeness (QED) is 0.673. The minimum absolute atomic E-state index is 0.188. The SMILES string of the molecule is C=C/C=C(\C=C)COCC1CNC(=O)O1. The van der Waals surface area contributed by atoms with Crippen molar-refractivity contribution in [2.24, 2.45) is 0 Å². The van der Waals surface area contributed by atoms with Crippen molar-refractivity contribution in [3.63, 3.8) is 0 Å². The molecule has 15 heavy (non-hydrogen) atoms. The van der Waals surface area contributed by atoms with Crippen LogP contribution in [0, 0.1) is 0 Å². The molecule has 0 aliphatic carbocycles. The Morgan fingerprint density at radius 1 is 1.67 bits per heavy atom. The molecule has 82 valence electrons. The third-order valence-electron chi connectivity index (χ3n) is 1.91. The summed E-state index contributed by atoms with van der Waals surface area (Å²) in [6.07, 6.45) is 4.64. The van der Waals surface area contributed by atoms with Crippen LogP contribution in [0.15, 0.2) is 37.0 Å². The lowest BCUT2D eigenvalue weighted by Crippen LogP contribution is -2.20. The molecule has 1 rings (SSSR count). The van der Waals surface area contributed by atoms with Crippen LogP contribution in [0.25, 0.3) is 0 Å². The smallest absolute Gasteiger partial charge is 0.407 e. The number of ether oxygens (including phenoxy) is 2. The van der Waals surface area contributed by atoms with E-state index in [-0.39, 0.29) is 12.2 Å². The van der Waals surface area contributed by atoms with E-state index in [1.54, 1.807) is 12.2 Å². The Morgan fingerprint density at radius 3 is 3.00 bits per heavy atom. The first-order chi connectivity index (χ1) is 7.26. The Morgan fingerprint density at radius 2 is 2.47 bits per heavy atom. The van der Waals surface area contributed by atoms with Crippen molar-refractivity contribution >= 4 is 6.09 Å². The van der Waals surface area contributed by atoms with E-state index in [2.05, 4.69) is 18.5 Å². The van der Waals surface area contributed by atoms with Crippen LogP contribution in [-0.2, 0) is 9.47 Å². The summed E-state index contributed by atoms with van der Waals surface area (Å²) < 4.78 is 10.3. The molecule has 0 aromatic rings. The van der Waals surface area contributed by atoms with Gasteiger partial charge in [0.05, 0.1) is 19.8 Å². The molecule has 0 saturated carbocycles. The topological polar surface area (TPSA) is 47.6 Å². The van der Waals surface area contributed by atoms with Crippen LogP contribution in [0.1, 0.15) is 0 Å². The zero-order chi connectivity index (χ0) is 11.1. The number of carbonyl (C=O) groups excluding carboxylic acids is 1. The van der Waals surface area contributed by atoms with E-state index in [0.29, 0.717) is 19.8 Å². The summed E-state index contributed by atoms with van der Waals surface area (Å²) in [4.78, 5) is 10.7. The predicted molar refractivity (Wildman–Crippen MR) is 57.6 cm³/mol. The highest BCUT2D eigenvalue weighted by atomic mass is 16.6. The fourth-order valence-corrected chi connectivity index (χ4v) is 1.16. The molecule has 4 nitrogen and oxygen atoms in total. The van der Waals surface area contributed by atoms with Crippen LogP contribution in [0.3, 0.4) is 0 Å². The zero-order valence-corrected chi connectivity index (χ0v) is 8.57. The normalized spacial score (nSPS) is 20.7. The molecule has 1 atom stereocenters. The van der Waals surface area contributed by atoms with Gasteiger partial charge < -0.3 is 14.8 Å². The van der Waals surface area contributed by atoms with Gasteiger partial charge in [-0.3, -0.25) is 0 Å². The Labute approximate surface area is 89.3 Å². The Kier molecular flexibility index (Phi) is 4.63. The zero-order valence-electron chi connectivity index (χ0n) is 8.57. The molecular weight excluding hydrogens is 194 g/mol. The van der Waals surface area contributed by atoms with Crippen LogP contribution in [-0.4, -0.2) is 32.0 Å². The molecule has 1 heterocycles. The largest absolute Gasteiger partial charge is 0.442 e. The van der Waals surface area contributed by atoms with Crippen LogP contribution in [0.5, 0.6) is 0 Å². The van der Waals surface area contributed by atoms with Crippen LogP contribution >= 0.6 is 0 Å². The summed E-state index contributed by atoms with van der Waals surface area (Å²) in [5.74, 6) is 0. The summed E-state index contributed by atoms with van der Waals surface area (Å²) in [5.41, 5.74) is 0.947. The molecule has 0 spiro atoms. The van der Waals surface area contributed by atoms with E-state index >= 15 is 0 Å². The van der Waals surface area contributed by atoms with Crippen molar-refractivity contribution in [1.82, 2.24) is 5.32 Å². The highest BCUT2D eigenvalue weighted by Gasteiger charge is 2.22. The average molecular weight is 209 g/mol. The van der Waals surface area contributed by atoms with E-state index in [4.69, 9.17) is 9.47 Å². The fourth-order valence-electron chi connectivity index (χ4n) is 1.16. The summed E-state index contributed by atoms with van der Waals surface area (Å²) in [6, 6.07) is 0. The van der Waals surface area contributed by atoms with Gasteiger partial charge in [-0.2, -0.15) is 0 Å². The third kappa shape index (κ3) is 3.99. The maximum absolute atomic E-state index is 10.7. The van der Waals surface area contributed by atoms with Gasteiger partial charge in [0, 0.05) is 0 Å². The molecule has 1 amide bonds. The van der Waals surface area contributed by atoms with Crippen molar-refractivity contribution in [1.29, 1.82) is 0 Å². The van der Waals surface area contributed by atoms with E-state index in [1.165, 1.54) is 0 Å². The molecule has 1 N–H and O–H groups in total. The van der Waals surface area contributed by atoms with Gasteiger partial charge in [-0.25, -0.2) is 4.79 Å². The molecule has 1 aliphatic rings. The van der Waals surface area contributed by atoms with Crippen LogP contribution in [0.4, 0.5) is 4.79 Å². The van der Waals surface area contributed by atoms with Crippen molar-refractivity contribution in [2.75, 3.05) is 19.8 Å². The molecule has 1 unspecified atom stereocenters. The predicted octanol–water partition coefficient (Wildman–Crippen LogP) is 1.41. The number of allylic oxidation sites excluding steroid dienone is 2. The second kappa shape index (κ2) is 6.03. The number of nitrogens with one attached hydrogen (secondary N) is 1. The van der Waals surface area contributed by atoms with Gasteiger partial charge in [-0.05, 0) is 5.57 Å². The molecule has 4 heteroatoms. The number of amides is 1. The first kappa shape index (κ1) is 11.5. The fraction of sp³-hybridized carbons (Fsp3) is 0.364. The van der Waals surface area contributed by atoms with Gasteiger partial charge in [-0.1, -0.05) is 31.4 Å². The van der Waals surface area contributed by atoms with Crippen molar-refractivity contribution in [3.05, 3.63) is 37.0 Å². The summed E-state index contributed by atoms with van der Waals surface area (Å²) in [7, 11) is 0. The molecule has 1 aliphatic heterocycles. The second-order valence-corrected chi connectivity index (χ2v) is 3.10. The van der Waals surface area contributed by atoms with E-state index < -0.39 is 0 Å². The third-order valence-corrected chi connectivity index (χ3v) is 1.91. The van der Waals surface area contributed by atoms with Crippen molar-refractivity contribution in [2.45, 2.75) is 6.10 Å². The first-order valence-electron chi connectivity index (χ1n) is 4.72. The molecule has 0 bridgehead atoms. The summed E-state index contributed by atoms with van der Waals surface area (Å²) >= 11 is 0. The number of rotatable bonds is 6. The van der Waals surface area contributed by atoms with E-state index in [1.807, 2.05) is 6.08 Å². The Balaban J connectivity index is 2.20. The lowest BCUT2D eigenvalue weighted by molar-refractivity contribution is 0.0562. The van der Waals surface area contributed by atoms with Crippen molar-refractivity contribution < 1.29 is 14.3 Å². The van der Waals surface area contributed by atoms with Gasteiger partial charge in [0.1, 0.15) is 6.10 Å². The Hall–Kier alpha value is -1.55.